The summed E-state index contributed by atoms with van der Waals surface area (Å²) in [6.07, 6.45) is 0.698. The van der Waals surface area contributed by atoms with E-state index in [4.69, 9.17) is 5.73 Å². The summed E-state index contributed by atoms with van der Waals surface area (Å²) in [5, 5.41) is 2.67. The van der Waals surface area contributed by atoms with Crippen molar-refractivity contribution in [2.45, 2.75) is 0 Å². The molecule has 0 aromatic heterocycles. The predicted molar refractivity (Wildman–Crippen MR) is 70.6 cm³/mol. The van der Waals surface area contributed by atoms with Crippen LogP contribution < -0.4 is 11.1 Å². The van der Waals surface area contributed by atoms with Crippen LogP contribution >= 0.6 is 0 Å². The maximum atomic E-state index is 12.0. The summed E-state index contributed by atoms with van der Waals surface area (Å²) < 4.78 is 0. The van der Waals surface area contributed by atoms with E-state index >= 15 is 0 Å². The lowest BCUT2D eigenvalue weighted by molar-refractivity contribution is 0.102. The van der Waals surface area contributed by atoms with Gasteiger partial charge >= 0.3 is 0 Å². The average molecular weight is 240 g/mol. The highest BCUT2D eigenvalue weighted by Gasteiger charge is 2.10. The van der Waals surface area contributed by atoms with Crippen molar-refractivity contribution in [1.82, 2.24) is 0 Å². The number of hydrogen-bond donors (Lipinski definition) is 2. The minimum atomic E-state index is -0.331. The summed E-state index contributed by atoms with van der Waals surface area (Å²) in [7, 11) is 0. The maximum Gasteiger partial charge on any atom is 0.257 e. The summed E-state index contributed by atoms with van der Waals surface area (Å²) >= 11 is 0. The zero-order valence-electron chi connectivity index (χ0n) is 9.59. The molecule has 1 amide bonds. The van der Waals surface area contributed by atoms with Gasteiger partial charge < -0.3 is 11.1 Å². The molecule has 0 spiro atoms. The Morgan fingerprint density at radius 3 is 2.44 bits per heavy atom. The number of para-hydroxylation sites is 2. The number of nitrogen functional groups attached to an aromatic ring is 1. The van der Waals surface area contributed by atoms with Crippen LogP contribution in [-0.2, 0) is 0 Å². The SMILES string of the molecule is Nc1ccccc1C(=O)Nc1ccccc1C=O. The molecular weight excluding hydrogens is 228 g/mol. The van der Waals surface area contributed by atoms with Crippen LogP contribution in [0.4, 0.5) is 11.4 Å². The van der Waals surface area contributed by atoms with Crippen molar-refractivity contribution in [1.29, 1.82) is 0 Å². The molecule has 4 heteroatoms. The average Bonchev–Trinajstić information content (AvgIpc) is 2.39. The van der Waals surface area contributed by atoms with Gasteiger partial charge in [-0.15, -0.1) is 0 Å². The summed E-state index contributed by atoms with van der Waals surface area (Å²) in [5.74, 6) is -0.331. The van der Waals surface area contributed by atoms with E-state index < -0.39 is 0 Å². The Morgan fingerprint density at radius 1 is 1.06 bits per heavy atom. The summed E-state index contributed by atoms with van der Waals surface area (Å²) in [4.78, 5) is 22.8. The number of rotatable bonds is 3. The molecule has 0 saturated heterocycles. The van der Waals surface area contributed by atoms with E-state index in [1.54, 1.807) is 48.5 Å². The lowest BCUT2D eigenvalue weighted by Gasteiger charge is -2.08. The Balaban J connectivity index is 2.27. The van der Waals surface area contributed by atoms with E-state index in [0.29, 0.717) is 28.8 Å². The van der Waals surface area contributed by atoms with Crippen LogP contribution in [-0.4, -0.2) is 12.2 Å². The van der Waals surface area contributed by atoms with E-state index in [9.17, 15) is 9.59 Å². The molecule has 0 saturated carbocycles. The van der Waals surface area contributed by atoms with Crippen molar-refractivity contribution in [3.63, 3.8) is 0 Å². The summed E-state index contributed by atoms with van der Waals surface area (Å²) in [6, 6.07) is 13.6. The van der Waals surface area contributed by atoms with Crippen LogP contribution in [0.3, 0.4) is 0 Å². The first-order valence-electron chi connectivity index (χ1n) is 5.42. The fraction of sp³-hybridized carbons (Fsp3) is 0. The highest BCUT2D eigenvalue weighted by atomic mass is 16.1. The zero-order chi connectivity index (χ0) is 13.0. The van der Waals surface area contributed by atoms with Crippen LogP contribution in [0.2, 0.25) is 0 Å². The number of carbonyl (C=O) groups is 2. The zero-order valence-corrected chi connectivity index (χ0v) is 9.59. The molecule has 0 fully saturated rings. The Labute approximate surface area is 104 Å². The molecule has 0 bridgehead atoms. The fourth-order valence-corrected chi connectivity index (χ4v) is 1.61. The van der Waals surface area contributed by atoms with Crippen molar-refractivity contribution < 1.29 is 9.59 Å². The van der Waals surface area contributed by atoms with Crippen molar-refractivity contribution in [3.05, 3.63) is 59.7 Å². The highest BCUT2D eigenvalue weighted by molar-refractivity contribution is 6.09. The Bertz CT molecular complexity index is 594. The van der Waals surface area contributed by atoms with Gasteiger partial charge in [0.25, 0.3) is 5.91 Å². The summed E-state index contributed by atoms with van der Waals surface area (Å²) in [6.45, 7) is 0. The van der Waals surface area contributed by atoms with Gasteiger partial charge in [0, 0.05) is 11.3 Å². The van der Waals surface area contributed by atoms with Crippen molar-refractivity contribution >= 4 is 23.6 Å². The minimum Gasteiger partial charge on any atom is -0.398 e. The third-order valence-corrected chi connectivity index (χ3v) is 2.54. The van der Waals surface area contributed by atoms with Crippen LogP contribution in [0.15, 0.2) is 48.5 Å². The van der Waals surface area contributed by atoms with Gasteiger partial charge in [-0.25, -0.2) is 0 Å². The Hall–Kier alpha value is -2.62. The molecule has 4 nitrogen and oxygen atoms in total. The standard InChI is InChI=1S/C14H12N2O2/c15-12-7-3-2-6-11(12)14(18)16-13-8-4-1-5-10(13)9-17/h1-9H,15H2,(H,16,18). The van der Waals surface area contributed by atoms with E-state index in [1.807, 2.05) is 0 Å². The third kappa shape index (κ3) is 2.38. The van der Waals surface area contributed by atoms with Gasteiger partial charge in [0.2, 0.25) is 0 Å². The molecule has 0 radical (unpaired) electrons. The molecule has 0 aliphatic rings. The first-order chi connectivity index (χ1) is 8.72. The number of aldehydes is 1. The smallest absolute Gasteiger partial charge is 0.257 e. The second-order valence-electron chi connectivity index (χ2n) is 3.75. The largest absolute Gasteiger partial charge is 0.398 e. The molecular formula is C14H12N2O2. The van der Waals surface area contributed by atoms with Crippen LogP contribution in [0, 0.1) is 0 Å². The van der Waals surface area contributed by atoms with E-state index in [-0.39, 0.29) is 5.91 Å². The molecule has 0 heterocycles. The molecule has 0 atom stereocenters. The number of amides is 1. The number of carbonyl (C=O) groups excluding carboxylic acids is 2. The number of hydrogen-bond acceptors (Lipinski definition) is 3. The monoisotopic (exact) mass is 240 g/mol. The highest BCUT2D eigenvalue weighted by Crippen LogP contribution is 2.16. The van der Waals surface area contributed by atoms with Crippen molar-refractivity contribution in [2.24, 2.45) is 0 Å². The van der Waals surface area contributed by atoms with Crippen molar-refractivity contribution in [3.8, 4) is 0 Å². The molecule has 2 aromatic rings. The van der Waals surface area contributed by atoms with Gasteiger partial charge in [-0.1, -0.05) is 24.3 Å². The number of nitrogens with one attached hydrogen (secondary N) is 1. The normalized spacial score (nSPS) is 9.78. The summed E-state index contributed by atoms with van der Waals surface area (Å²) in [5.41, 5.74) is 7.41. The lowest BCUT2D eigenvalue weighted by atomic mass is 10.1. The van der Waals surface area contributed by atoms with Gasteiger partial charge in [-0.2, -0.15) is 0 Å². The molecule has 0 unspecified atom stereocenters. The molecule has 0 aliphatic carbocycles. The number of anilines is 2. The maximum absolute atomic E-state index is 12.0. The number of nitrogens with two attached hydrogens (primary N) is 1. The van der Waals surface area contributed by atoms with Gasteiger partial charge in [-0.3, -0.25) is 9.59 Å². The van der Waals surface area contributed by atoms with E-state index in [0.717, 1.165) is 0 Å². The number of benzene rings is 2. The third-order valence-electron chi connectivity index (χ3n) is 2.54. The molecule has 2 aromatic carbocycles. The lowest BCUT2D eigenvalue weighted by Crippen LogP contribution is -2.14. The van der Waals surface area contributed by atoms with Gasteiger partial charge in [0.05, 0.1) is 11.3 Å². The molecule has 90 valence electrons. The van der Waals surface area contributed by atoms with Gasteiger partial charge in [-0.05, 0) is 24.3 Å². The Morgan fingerprint density at radius 2 is 1.72 bits per heavy atom. The second-order valence-corrected chi connectivity index (χ2v) is 3.75. The van der Waals surface area contributed by atoms with Crippen LogP contribution in [0.25, 0.3) is 0 Å². The van der Waals surface area contributed by atoms with E-state index in [2.05, 4.69) is 5.32 Å². The van der Waals surface area contributed by atoms with Crippen molar-refractivity contribution in [2.75, 3.05) is 11.1 Å². The molecule has 3 N–H and O–H groups in total. The minimum absolute atomic E-state index is 0.331. The predicted octanol–water partition coefficient (Wildman–Crippen LogP) is 2.33. The van der Waals surface area contributed by atoms with E-state index in [1.165, 1.54) is 0 Å². The molecule has 18 heavy (non-hydrogen) atoms. The van der Waals surface area contributed by atoms with Gasteiger partial charge in [0.15, 0.2) is 6.29 Å². The molecule has 2 rings (SSSR count). The topological polar surface area (TPSA) is 72.2 Å². The van der Waals surface area contributed by atoms with Crippen LogP contribution in [0.5, 0.6) is 0 Å². The molecule has 0 aliphatic heterocycles. The van der Waals surface area contributed by atoms with Gasteiger partial charge in [0.1, 0.15) is 0 Å². The fourth-order valence-electron chi connectivity index (χ4n) is 1.61. The Kier molecular flexibility index (Phi) is 3.38. The first-order valence-corrected chi connectivity index (χ1v) is 5.42. The first kappa shape index (κ1) is 11.9. The van der Waals surface area contributed by atoms with Crippen LogP contribution in [0.1, 0.15) is 20.7 Å². The second kappa shape index (κ2) is 5.14. The quantitative estimate of drug-likeness (QED) is 0.638.